The van der Waals surface area contributed by atoms with Crippen LogP contribution in [0.5, 0.6) is 0 Å². The minimum Gasteiger partial charge on any atom is -0.453 e. The summed E-state index contributed by atoms with van der Waals surface area (Å²) in [6, 6.07) is 4.32. The molecule has 4 atom stereocenters. The lowest BCUT2D eigenvalue weighted by Gasteiger charge is -2.23. The molecule has 0 radical (unpaired) electrons. The highest BCUT2D eigenvalue weighted by Crippen LogP contribution is 2.42. The molecular formula is C25H29F2N9O8. The van der Waals surface area contributed by atoms with E-state index in [0.717, 1.165) is 12.5 Å². The summed E-state index contributed by atoms with van der Waals surface area (Å²) in [6.45, 7) is 0. The van der Waals surface area contributed by atoms with Crippen molar-refractivity contribution in [1.82, 2.24) is 34.6 Å². The Morgan fingerprint density at radius 3 is 2.59 bits per heavy atom. The first-order valence-electron chi connectivity index (χ1n) is 13.2. The Kier molecular flexibility index (Phi) is 7.97. The maximum absolute atomic E-state index is 13.2. The van der Waals surface area contributed by atoms with Gasteiger partial charge in [-0.3, -0.25) is 19.8 Å². The number of H-pyrrole nitrogens is 1. The van der Waals surface area contributed by atoms with Crippen molar-refractivity contribution in [3.63, 3.8) is 0 Å². The number of aromatic nitrogens is 6. The average molecular weight is 622 g/mol. The van der Waals surface area contributed by atoms with Crippen LogP contribution in [0.3, 0.4) is 0 Å². The first kappa shape index (κ1) is 30.7. The van der Waals surface area contributed by atoms with Gasteiger partial charge < -0.3 is 36.2 Å². The highest BCUT2D eigenvalue weighted by atomic mass is 19.3. The third kappa shape index (κ3) is 6.16. The first-order valence-corrected chi connectivity index (χ1v) is 13.2. The lowest BCUT2D eigenvalue weighted by atomic mass is 10.2. The molecule has 2 saturated carbocycles. The molecule has 17 nitrogen and oxygen atoms in total. The number of carbonyl (C=O) groups excluding carboxylic acids is 2. The number of anilines is 2. The average Bonchev–Trinajstić information content (AvgIpc) is 3.35. The summed E-state index contributed by atoms with van der Waals surface area (Å²) in [5.74, 6) is -1.19. The van der Waals surface area contributed by atoms with Gasteiger partial charge in [-0.25, -0.2) is 32.9 Å². The molecule has 0 spiro atoms. The summed E-state index contributed by atoms with van der Waals surface area (Å²) in [5.41, 5.74) is 2.84. The van der Waals surface area contributed by atoms with Gasteiger partial charge in [-0.2, -0.15) is 5.10 Å². The van der Waals surface area contributed by atoms with Gasteiger partial charge in [-0.15, -0.1) is 0 Å². The summed E-state index contributed by atoms with van der Waals surface area (Å²) in [4.78, 5) is 43.5. The lowest BCUT2D eigenvalue weighted by molar-refractivity contribution is -0.374. The van der Waals surface area contributed by atoms with Gasteiger partial charge in [0.1, 0.15) is 17.4 Å². The zero-order valence-corrected chi connectivity index (χ0v) is 23.0. The number of imidazole rings is 1. The van der Waals surface area contributed by atoms with Gasteiger partial charge in [0.15, 0.2) is 5.65 Å². The van der Waals surface area contributed by atoms with Crippen molar-refractivity contribution in [2.45, 2.75) is 50.0 Å². The molecule has 19 heteroatoms. The molecule has 6 rings (SSSR count). The van der Waals surface area contributed by atoms with Gasteiger partial charge in [-0.1, -0.05) is 0 Å². The quantitative estimate of drug-likeness (QED) is 0.126. The van der Waals surface area contributed by atoms with E-state index in [2.05, 4.69) is 35.5 Å². The third-order valence-corrected chi connectivity index (χ3v) is 7.49. The maximum atomic E-state index is 13.2. The molecule has 4 heterocycles. The van der Waals surface area contributed by atoms with Gasteiger partial charge in [0.2, 0.25) is 12.3 Å². The predicted octanol–water partition coefficient (Wildman–Crippen LogP) is -0.0999. The third-order valence-electron chi connectivity index (χ3n) is 7.49. The molecule has 0 aromatic carbocycles. The number of nitrogens with one attached hydrogen (secondary N) is 3. The van der Waals surface area contributed by atoms with Crippen molar-refractivity contribution in [1.29, 1.82) is 0 Å². The molecule has 0 aliphatic heterocycles. The van der Waals surface area contributed by atoms with Gasteiger partial charge >= 0.3 is 17.9 Å². The number of amides is 2. The van der Waals surface area contributed by atoms with Crippen LogP contribution in [0, 0.1) is 11.8 Å². The summed E-state index contributed by atoms with van der Waals surface area (Å²) in [6.07, 6.45) is -3.31. The molecule has 9 N–H and O–H groups in total. The van der Waals surface area contributed by atoms with Crippen LogP contribution in [0.1, 0.15) is 31.7 Å². The number of methoxy groups -OCH3 is 1. The molecule has 4 unspecified atom stereocenters. The van der Waals surface area contributed by atoms with Crippen LogP contribution in [0.15, 0.2) is 35.4 Å². The van der Waals surface area contributed by atoms with E-state index < -0.39 is 53.8 Å². The number of ether oxygens (including phenoxy) is 1. The number of hydrogen-bond acceptors (Lipinski definition) is 12. The van der Waals surface area contributed by atoms with Crippen LogP contribution in [0.4, 0.5) is 25.2 Å². The Morgan fingerprint density at radius 2 is 1.98 bits per heavy atom. The van der Waals surface area contributed by atoms with E-state index in [1.54, 1.807) is 18.3 Å². The van der Waals surface area contributed by atoms with E-state index in [-0.39, 0.29) is 42.5 Å². The topological polar surface area (TPSA) is 256 Å². The zero-order valence-electron chi connectivity index (χ0n) is 23.0. The Balaban J connectivity index is 0.000000367. The van der Waals surface area contributed by atoms with Crippen molar-refractivity contribution >= 4 is 45.7 Å². The molecule has 44 heavy (non-hydrogen) atoms. The standard InChI is InChI=1S/C20H22N8O7.C5H7F2NO/c1-35-17(29)25-19(31)5-4-11(7-19)27-12-6-15(21-9-13(12)28(18(27)30)20(32,33)34)23-14-3-2-10-8-22-26-16(10)24-14;6-4(7)2-1-3(2)5(8)9/h2-3,6,8-9,11,31-34H,4-5,7H2,1H3,(H,25,29)(H2,21,22,23,24,26);2-4H,1H2,(H2,8,9). The Labute approximate surface area is 245 Å². The fourth-order valence-corrected chi connectivity index (χ4v) is 5.25. The second kappa shape index (κ2) is 11.4. The SMILES string of the molecule is COC(=O)NC1(O)CCC(n2c(=O)n(C(O)(O)O)c3cnc(Nc4ccc5cn[nH]c5n4)cc32)C1.NC(=O)C1CC1C(F)F. The molecule has 0 bridgehead atoms. The van der Waals surface area contributed by atoms with E-state index >= 15 is 0 Å². The number of nitrogens with zero attached hydrogens (tertiary/aromatic N) is 5. The largest absolute Gasteiger partial charge is 0.453 e. The van der Waals surface area contributed by atoms with Gasteiger partial charge in [0.05, 0.1) is 30.5 Å². The van der Waals surface area contributed by atoms with Crippen LogP contribution in [-0.2, 0) is 15.6 Å². The summed E-state index contributed by atoms with van der Waals surface area (Å²) in [7, 11) is 1.16. The molecule has 2 aliphatic carbocycles. The van der Waals surface area contributed by atoms with Crippen molar-refractivity contribution in [3.05, 3.63) is 41.1 Å². The number of halogens is 2. The predicted molar refractivity (Wildman–Crippen MR) is 146 cm³/mol. The number of alkyl carbamates (subject to hydrolysis) is 1. The number of aliphatic hydroxyl groups is 4. The molecule has 2 fully saturated rings. The second-order valence-corrected chi connectivity index (χ2v) is 10.6. The Hall–Kier alpha value is -4.72. The number of fused-ring (bicyclic) bond motifs is 2. The molecule has 236 valence electrons. The van der Waals surface area contributed by atoms with Crippen molar-refractivity contribution in [2.24, 2.45) is 17.6 Å². The minimum absolute atomic E-state index is 0.0682. The second-order valence-electron chi connectivity index (χ2n) is 10.6. The normalized spacial score (nSPS) is 23.0. The lowest BCUT2D eigenvalue weighted by Crippen LogP contribution is -2.47. The van der Waals surface area contributed by atoms with Gasteiger partial charge in [0, 0.05) is 35.8 Å². The first-order chi connectivity index (χ1) is 20.7. The fraction of sp³-hybridized carbons (Fsp3) is 0.440. The van der Waals surface area contributed by atoms with Crippen LogP contribution >= 0.6 is 0 Å². The molecular weight excluding hydrogens is 592 g/mol. The maximum Gasteiger partial charge on any atom is 0.409 e. The van der Waals surface area contributed by atoms with E-state index in [4.69, 9.17) is 5.73 Å². The Bertz CT molecular complexity index is 1770. The number of carbonyl (C=O) groups is 2. The van der Waals surface area contributed by atoms with Crippen molar-refractivity contribution in [3.8, 4) is 0 Å². The number of nitrogens with two attached hydrogens (primary N) is 1. The summed E-state index contributed by atoms with van der Waals surface area (Å²) < 4.78 is 29.4. The number of rotatable bonds is 7. The number of hydrogen-bond donors (Lipinski definition) is 8. The van der Waals surface area contributed by atoms with E-state index in [0.29, 0.717) is 16.0 Å². The molecule has 4 aromatic rings. The fourth-order valence-electron chi connectivity index (χ4n) is 5.25. The van der Waals surface area contributed by atoms with Crippen molar-refractivity contribution < 1.29 is 43.5 Å². The van der Waals surface area contributed by atoms with Gasteiger partial charge in [-0.05, 0) is 31.4 Å². The number of pyridine rings is 2. The number of alkyl halides is 2. The molecule has 2 aliphatic rings. The zero-order chi connectivity index (χ0) is 32.0. The van der Waals surface area contributed by atoms with E-state index in [1.165, 1.54) is 16.8 Å². The van der Waals surface area contributed by atoms with E-state index in [1.807, 2.05) is 0 Å². The van der Waals surface area contributed by atoms with Crippen LogP contribution < -0.4 is 22.1 Å². The van der Waals surface area contributed by atoms with E-state index in [9.17, 15) is 43.6 Å². The number of primary amides is 1. The summed E-state index contributed by atoms with van der Waals surface area (Å²) in [5, 5.41) is 53.1. The van der Waals surface area contributed by atoms with Crippen LogP contribution in [0.25, 0.3) is 22.1 Å². The smallest absolute Gasteiger partial charge is 0.409 e. The minimum atomic E-state index is -3.50. The monoisotopic (exact) mass is 621 g/mol. The van der Waals surface area contributed by atoms with Crippen molar-refractivity contribution in [2.75, 3.05) is 12.4 Å². The molecule has 0 saturated heterocycles. The van der Waals surface area contributed by atoms with Crippen LogP contribution in [-0.4, -0.2) is 81.0 Å². The number of aromatic amines is 1. The highest BCUT2D eigenvalue weighted by Gasteiger charge is 2.47. The summed E-state index contributed by atoms with van der Waals surface area (Å²) >= 11 is 0. The molecule has 4 aromatic heterocycles. The Morgan fingerprint density at radius 1 is 1.23 bits per heavy atom. The van der Waals surface area contributed by atoms with Gasteiger partial charge in [0.25, 0.3) is 0 Å². The molecule has 2 amide bonds. The highest BCUT2D eigenvalue weighted by molar-refractivity contribution is 5.81. The van der Waals surface area contributed by atoms with Crippen LogP contribution in [0.2, 0.25) is 0 Å².